The van der Waals surface area contributed by atoms with Gasteiger partial charge in [-0.05, 0) is 26.8 Å². The Balaban J connectivity index is 2.85. The van der Waals surface area contributed by atoms with Gasteiger partial charge in [-0.15, -0.1) is 11.3 Å². The van der Waals surface area contributed by atoms with Crippen molar-refractivity contribution in [3.05, 3.63) is 15.6 Å². The summed E-state index contributed by atoms with van der Waals surface area (Å²) in [6.45, 7) is 7.81. The number of hydrogen-bond donors (Lipinski definition) is 2. The van der Waals surface area contributed by atoms with E-state index in [1.165, 1.54) is 18.3 Å². The van der Waals surface area contributed by atoms with Gasteiger partial charge in [0.2, 0.25) is 0 Å². The molecule has 1 amide bonds. The first kappa shape index (κ1) is 15.8. The molecule has 0 saturated heterocycles. The molecule has 6 heteroatoms. The predicted molar refractivity (Wildman–Crippen MR) is 76.4 cm³/mol. The van der Waals surface area contributed by atoms with Crippen molar-refractivity contribution in [3.8, 4) is 0 Å². The van der Waals surface area contributed by atoms with E-state index in [4.69, 9.17) is 0 Å². The Bertz CT molecular complexity index is 468. The number of amides is 1. The smallest absolute Gasteiger partial charge is 0.271 e. The third-order valence-corrected chi connectivity index (χ3v) is 3.75. The van der Waals surface area contributed by atoms with Crippen LogP contribution in [0.3, 0.4) is 0 Å². The van der Waals surface area contributed by atoms with Gasteiger partial charge in [0.05, 0.1) is 6.04 Å². The van der Waals surface area contributed by atoms with Crippen molar-refractivity contribution in [2.45, 2.75) is 40.3 Å². The van der Waals surface area contributed by atoms with E-state index in [1.54, 1.807) is 0 Å². The average molecular weight is 283 g/mol. The molecule has 1 rings (SSSR count). The molecule has 1 heterocycles. The second-order valence-corrected chi connectivity index (χ2v) is 6.14. The molecule has 1 aromatic rings. The monoisotopic (exact) mass is 283 g/mol. The van der Waals surface area contributed by atoms with Gasteiger partial charge in [0.15, 0.2) is 5.78 Å². The molecule has 0 unspecified atom stereocenters. The predicted octanol–water partition coefficient (Wildman–Crippen LogP) is 1.51. The van der Waals surface area contributed by atoms with E-state index in [-0.39, 0.29) is 17.6 Å². The number of aromatic nitrogens is 1. The standard InChI is InChI=1S/C13H21N3O2S/c1-7(2)11(8(3)17)16-13(18)12-9(4)19-10(15-12)6-14-5/h7,11,14H,6H2,1-5H3,(H,16,18)/t11-/m0/s1. The van der Waals surface area contributed by atoms with Crippen molar-refractivity contribution in [2.75, 3.05) is 7.05 Å². The van der Waals surface area contributed by atoms with Crippen LogP contribution in [-0.2, 0) is 11.3 Å². The van der Waals surface area contributed by atoms with Crippen molar-refractivity contribution >= 4 is 23.0 Å². The topological polar surface area (TPSA) is 71.1 Å². The molecule has 0 saturated carbocycles. The fourth-order valence-electron chi connectivity index (χ4n) is 1.84. The number of rotatable bonds is 6. The molecular weight excluding hydrogens is 262 g/mol. The maximum absolute atomic E-state index is 12.2. The summed E-state index contributed by atoms with van der Waals surface area (Å²) in [6.07, 6.45) is 0. The van der Waals surface area contributed by atoms with E-state index >= 15 is 0 Å². The second kappa shape index (κ2) is 6.77. The highest BCUT2D eigenvalue weighted by atomic mass is 32.1. The zero-order chi connectivity index (χ0) is 14.6. The van der Waals surface area contributed by atoms with Crippen molar-refractivity contribution in [2.24, 2.45) is 5.92 Å². The Morgan fingerprint density at radius 3 is 2.47 bits per heavy atom. The molecule has 0 radical (unpaired) electrons. The van der Waals surface area contributed by atoms with Crippen LogP contribution in [0.15, 0.2) is 0 Å². The molecule has 0 fully saturated rings. The zero-order valence-electron chi connectivity index (χ0n) is 12.0. The Kier molecular flexibility index (Phi) is 5.62. The molecule has 0 aliphatic heterocycles. The fraction of sp³-hybridized carbons (Fsp3) is 0.615. The first-order valence-electron chi connectivity index (χ1n) is 6.29. The Labute approximate surface area is 117 Å². The lowest BCUT2D eigenvalue weighted by Gasteiger charge is -2.18. The highest BCUT2D eigenvalue weighted by Crippen LogP contribution is 2.17. The van der Waals surface area contributed by atoms with Gasteiger partial charge in [0.1, 0.15) is 10.7 Å². The molecule has 0 bridgehead atoms. The second-order valence-electron chi connectivity index (χ2n) is 4.85. The summed E-state index contributed by atoms with van der Waals surface area (Å²) in [6, 6.07) is -0.457. The quantitative estimate of drug-likeness (QED) is 0.830. The van der Waals surface area contributed by atoms with Gasteiger partial charge in [-0.1, -0.05) is 13.8 Å². The third-order valence-electron chi connectivity index (χ3n) is 2.78. The lowest BCUT2D eigenvalue weighted by molar-refractivity contribution is -0.119. The maximum Gasteiger partial charge on any atom is 0.271 e. The van der Waals surface area contributed by atoms with E-state index in [9.17, 15) is 9.59 Å². The number of carbonyl (C=O) groups is 2. The van der Waals surface area contributed by atoms with Crippen LogP contribution in [-0.4, -0.2) is 29.8 Å². The molecule has 0 aromatic carbocycles. The molecule has 106 valence electrons. The van der Waals surface area contributed by atoms with Crippen molar-refractivity contribution < 1.29 is 9.59 Å². The fourth-order valence-corrected chi connectivity index (χ4v) is 2.78. The van der Waals surface area contributed by atoms with Gasteiger partial charge in [-0.2, -0.15) is 0 Å². The number of hydrogen-bond acceptors (Lipinski definition) is 5. The minimum Gasteiger partial charge on any atom is -0.341 e. The number of Topliss-reactive ketones (excluding diaryl/α,β-unsaturated/α-hetero) is 1. The number of nitrogens with one attached hydrogen (secondary N) is 2. The van der Waals surface area contributed by atoms with Crippen molar-refractivity contribution in [1.29, 1.82) is 0 Å². The van der Waals surface area contributed by atoms with E-state index in [1.807, 2.05) is 27.8 Å². The summed E-state index contributed by atoms with van der Waals surface area (Å²) in [5, 5.41) is 6.64. The molecule has 1 aromatic heterocycles. The van der Waals surface area contributed by atoms with E-state index in [0.717, 1.165) is 9.88 Å². The third kappa shape index (κ3) is 4.11. The lowest BCUT2D eigenvalue weighted by atomic mass is 10.0. The Hall–Kier alpha value is -1.27. The van der Waals surface area contributed by atoms with Crippen LogP contribution in [0.2, 0.25) is 0 Å². The first-order chi connectivity index (χ1) is 8.86. The number of aryl methyl sites for hydroxylation is 1. The van der Waals surface area contributed by atoms with E-state index in [2.05, 4.69) is 15.6 Å². The number of ketones is 1. The first-order valence-corrected chi connectivity index (χ1v) is 7.10. The molecule has 1 atom stereocenters. The zero-order valence-corrected chi connectivity index (χ0v) is 12.9. The molecule has 0 aliphatic carbocycles. The minimum atomic E-state index is -0.457. The number of nitrogens with zero attached hydrogens (tertiary/aromatic N) is 1. The summed E-state index contributed by atoms with van der Waals surface area (Å²) >= 11 is 1.49. The SMILES string of the molecule is CNCc1nc(C(=O)N[C@H](C(C)=O)C(C)C)c(C)s1. The normalized spacial score (nSPS) is 12.5. The van der Waals surface area contributed by atoms with Crippen LogP contribution in [0.4, 0.5) is 0 Å². The summed E-state index contributed by atoms with van der Waals surface area (Å²) in [5.74, 6) is -0.242. The summed E-state index contributed by atoms with van der Waals surface area (Å²) < 4.78 is 0. The highest BCUT2D eigenvalue weighted by Gasteiger charge is 2.23. The van der Waals surface area contributed by atoms with Gasteiger partial charge in [-0.25, -0.2) is 4.98 Å². The maximum atomic E-state index is 12.2. The highest BCUT2D eigenvalue weighted by molar-refractivity contribution is 7.11. The van der Waals surface area contributed by atoms with Gasteiger partial charge < -0.3 is 10.6 Å². The molecular formula is C13H21N3O2S. The van der Waals surface area contributed by atoms with Crippen LogP contribution >= 0.6 is 11.3 Å². The van der Waals surface area contributed by atoms with Crippen molar-refractivity contribution in [1.82, 2.24) is 15.6 Å². The van der Waals surface area contributed by atoms with E-state index < -0.39 is 6.04 Å². The summed E-state index contributed by atoms with van der Waals surface area (Å²) in [5.41, 5.74) is 0.419. The largest absolute Gasteiger partial charge is 0.341 e. The van der Waals surface area contributed by atoms with Crippen molar-refractivity contribution in [3.63, 3.8) is 0 Å². The van der Waals surface area contributed by atoms with Crippen LogP contribution < -0.4 is 10.6 Å². The minimum absolute atomic E-state index is 0.0355. The molecule has 2 N–H and O–H groups in total. The summed E-state index contributed by atoms with van der Waals surface area (Å²) in [7, 11) is 1.83. The van der Waals surface area contributed by atoms with Crippen LogP contribution in [0, 0.1) is 12.8 Å². The number of thiazole rings is 1. The van der Waals surface area contributed by atoms with E-state index in [0.29, 0.717) is 12.2 Å². The van der Waals surface area contributed by atoms with Crippen LogP contribution in [0.1, 0.15) is 41.1 Å². The molecule has 0 spiro atoms. The molecule has 5 nitrogen and oxygen atoms in total. The van der Waals surface area contributed by atoms with Crippen LogP contribution in [0.25, 0.3) is 0 Å². The summed E-state index contributed by atoms with van der Waals surface area (Å²) in [4.78, 5) is 28.8. The van der Waals surface area contributed by atoms with Gasteiger partial charge >= 0.3 is 0 Å². The lowest BCUT2D eigenvalue weighted by Crippen LogP contribution is -2.43. The van der Waals surface area contributed by atoms with Gasteiger partial charge in [0.25, 0.3) is 5.91 Å². The molecule has 19 heavy (non-hydrogen) atoms. The average Bonchev–Trinajstić information content (AvgIpc) is 2.66. The Morgan fingerprint density at radius 2 is 2.00 bits per heavy atom. The number of carbonyl (C=O) groups excluding carboxylic acids is 2. The van der Waals surface area contributed by atoms with Gasteiger partial charge in [-0.3, -0.25) is 9.59 Å². The van der Waals surface area contributed by atoms with Gasteiger partial charge in [0, 0.05) is 11.4 Å². The Morgan fingerprint density at radius 1 is 1.37 bits per heavy atom. The van der Waals surface area contributed by atoms with Crippen LogP contribution in [0.5, 0.6) is 0 Å². The molecule has 0 aliphatic rings.